The second-order valence-corrected chi connectivity index (χ2v) is 5.31. The number of carbonyl (C=O) groups excluding carboxylic acids is 1. The Morgan fingerprint density at radius 2 is 2.15 bits per heavy atom. The Kier molecular flexibility index (Phi) is 4.98. The first kappa shape index (κ1) is 14.8. The average Bonchev–Trinajstić information content (AvgIpc) is 2.88. The predicted molar refractivity (Wildman–Crippen MR) is 79.6 cm³/mol. The summed E-state index contributed by atoms with van der Waals surface area (Å²) >= 11 is 0. The first-order valence-electron chi connectivity index (χ1n) is 7.13. The minimum Gasteiger partial charge on any atom is -0.379 e. The molecule has 2 amide bonds. The smallest absolute Gasteiger partial charge is 0.319 e. The molecule has 5 nitrogen and oxygen atoms in total. The van der Waals surface area contributed by atoms with E-state index in [0.29, 0.717) is 19.8 Å². The van der Waals surface area contributed by atoms with Crippen molar-refractivity contribution in [3.63, 3.8) is 0 Å². The minimum absolute atomic E-state index is 0.176. The van der Waals surface area contributed by atoms with Crippen LogP contribution < -0.4 is 16.4 Å². The Bertz CT molecular complexity index is 439. The summed E-state index contributed by atoms with van der Waals surface area (Å²) < 4.78 is 5.44. The van der Waals surface area contributed by atoms with Gasteiger partial charge in [-0.3, -0.25) is 0 Å². The number of urea groups is 1. The van der Waals surface area contributed by atoms with E-state index >= 15 is 0 Å². The van der Waals surface area contributed by atoms with Gasteiger partial charge in [-0.25, -0.2) is 4.79 Å². The molecule has 0 saturated carbocycles. The molecule has 1 fully saturated rings. The van der Waals surface area contributed by atoms with E-state index in [4.69, 9.17) is 10.5 Å². The molecule has 4 N–H and O–H groups in total. The monoisotopic (exact) mass is 277 g/mol. The third-order valence-electron chi connectivity index (χ3n) is 3.66. The van der Waals surface area contributed by atoms with Crippen LogP contribution in [0.25, 0.3) is 0 Å². The maximum atomic E-state index is 12.1. The quantitative estimate of drug-likeness (QED) is 0.772. The van der Waals surface area contributed by atoms with Crippen molar-refractivity contribution in [2.24, 2.45) is 5.73 Å². The largest absolute Gasteiger partial charge is 0.379 e. The number of carbonyl (C=O) groups is 1. The molecule has 1 saturated heterocycles. The van der Waals surface area contributed by atoms with Gasteiger partial charge in [-0.1, -0.05) is 25.5 Å². The van der Waals surface area contributed by atoms with E-state index in [0.717, 1.165) is 30.5 Å². The molecule has 1 aromatic carbocycles. The lowest BCUT2D eigenvalue weighted by atomic mass is 9.93. The molecule has 1 aliphatic heterocycles. The van der Waals surface area contributed by atoms with E-state index in [1.807, 2.05) is 24.3 Å². The molecule has 0 aliphatic carbocycles. The summed E-state index contributed by atoms with van der Waals surface area (Å²) in [5.74, 6) is 0. The van der Waals surface area contributed by atoms with Gasteiger partial charge in [0.2, 0.25) is 0 Å². The van der Waals surface area contributed by atoms with Crippen molar-refractivity contribution in [3.05, 3.63) is 29.8 Å². The number of nitrogens with two attached hydrogens (primary N) is 1. The summed E-state index contributed by atoms with van der Waals surface area (Å²) in [6.45, 7) is 3.93. The van der Waals surface area contributed by atoms with Crippen LogP contribution in [0.5, 0.6) is 0 Å². The lowest BCUT2D eigenvalue weighted by molar-refractivity contribution is 0.163. The molecule has 110 valence electrons. The van der Waals surface area contributed by atoms with Crippen molar-refractivity contribution in [3.8, 4) is 0 Å². The van der Waals surface area contributed by atoms with Crippen molar-refractivity contribution in [2.75, 3.05) is 18.5 Å². The Morgan fingerprint density at radius 1 is 1.40 bits per heavy atom. The molecule has 0 spiro atoms. The van der Waals surface area contributed by atoms with Crippen LogP contribution in [0, 0.1) is 0 Å². The van der Waals surface area contributed by atoms with Gasteiger partial charge >= 0.3 is 6.03 Å². The van der Waals surface area contributed by atoms with Gasteiger partial charge < -0.3 is 21.1 Å². The zero-order valence-corrected chi connectivity index (χ0v) is 11.9. The van der Waals surface area contributed by atoms with E-state index in [-0.39, 0.29) is 11.6 Å². The van der Waals surface area contributed by atoms with Crippen molar-refractivity contribution >= 4 is 11.7 Å². The molecular weight excluding hydrogens is 254 g/mol. The normalized spacial score (nSPS) is 21.7. The number of ether oxygens (including phenoxy) is 1. The molecule has 1 aliphatic rings. The van der Waals surface area contributed by atoms with Crippen LogP contribution in [-0.4, -0.2) is 24.8 Å². The van der Waals surface area contributed by atoms with Crippen LogP contribution in [0.4, 0.5) is 10.5 Å². The van der Waals surface area contributed by atoms with E-state index in [1.54, 1.807) is 0 Å². The Balaban J connectivity index is 1.93. The summed E-state index contributed by atoms with van der Waals surface area (Å²) in [6, 6.07) is 7.37. The highest BCUT2D eigenvalue weighted by molar-refractivity contribution is 5.89. The highest BCUT2D eigenvalue weighted by atomic mass is 16.5. The van der Waals surface area contributed by atoms with Gasteiger partial charge in [0.15, 0.2) is 0 Å². The fourth-order valence-corrected chi connectivity index (χ4v) is 2.57. The first-order chi connectivity index (χ1) is 9.67. The maximum absolute atomic E-state index is 12.1. The number of benzene rings is 1. The lowest BCUT2D eigenvalue weighted by Gasteiger charge is -2.28. The van der Waals surface area contributed by atoms with E-state index in [2.05, 4.69) is 17.6 Å². The molecule has 0 radical (unpaired) electrons. The molecule has 0 aromatic heterocycles. The second kappa shape index (κ2) is 6.72. The summed E-state index contributed by atoms with van der Waals surface area (Å²) in [4.78, 5) is 12.1. The lowest BCUT2D eigenvalue weighted by Crippen LogP contribution is -2.50. The van der Waals surface area contributed by atoms with Crippen molar-refractivity contribution in [1.82, 2.24) is 5.32 Å². The SMILES string of the molecule is CCCC1(NC(=O)Nc2ccc(CN)cc2)CCOC1. The molecule has 1 aromatic rings. The van der Waals surface area contributed by atoms with E-state index in [9.17, 15) is 4.79 Å². The Morgan fingerprint density at radius 3 is 2.70 bits per heavy atom. The summed E-state index contributed by atoms with van der Waals surface area (Å²) in [5.41, 5.74) is 7.15. The van der Waals surface area contributed by atoms with Gasteiger partial charge in [0, 0.05) is 18.8 Å². The Labute approximate surface area is 119 Å². The predicted octanol–water partition coefficient (Wildman–Crippen LogP) is 2.23. The topological polar surface area (TPSA) is 76.4 Å². The average molecular weight is 277 g/mol. The molecule has 1 heterocycles. The zero-order chi connectivity index (χ0) is 14.4. The third-order valence-corrected chi connectivity index (χ3v) is 3.66. The first-order valence-corrected chi connectivity index (χ1v) is 7.13. The second-order valence-electron chi connectivity index (χ2n) is 5.31. The van der Waals surface area contributed by atoms with Gasteiger partial charge in [-0.05, 0) is 30.5 Å². The molecule has 1 atom stereocenters. The Hall–Kier alpha value is -1.59. The minimum atomic E-state index is -0.212. The van der Waals surface area contributed by atoms with Crippen LogP contribution >= 0.6 is 0 Å². The van der Waals surface area contributed by atoms with Crippen LogP contribution in [0.2, 0.25) is 0 Å². The molecule has 5 heteroatoms. The van der Waals surface area contributed by atoms with Crippen LogP contribution in [0.15, 0.2) is 24.3 Å². The van der Waals surface area contributed by atoms with E-state index < -0.39 is 0 Å². The molecule has 2 rings (SSSR count). The fraction of sp³-hybridized carbons (Fsp3) is 0.533. The van der Waals surface area contributed by atoms with Gasteiger partial charge in [0.05, 0.1) is 12.1 Å². The highest BCUT2D eigenvalue weighted by Crippen LogP contribution is 2.24. The van der Waals surface area contributed by atoms with E-state index in [1.165, 1.54) is 0 Å². The maximum Gasteiger partial charge on any atom is 0.319 e. The van der Waals surface area contributed by atoms with Crippen molar-refractivity contribution < 1.29 is 9.53 Å². The molecule has 1 unspecified atom stereocenters. The number of nitrogens with one attached hydrogen (secondary N) is 2. The van der Waals surface area contributed by atoms with Gasteiger partial charge in [-0.15, -0.1) is 0 Å². The van der Waals surface area contributed by atoms with Gasteiger partial charge in [-0.2, -0.15) is 0 Å². The third kappa shape index (κ3) is 3.71. The number of rotatable bonds is 5. The number of amides is 2. The summed E-state index contributed by atoms with van der Waals surface area (Å²) in [6.07, 6.45) is 2.84. The fourth-order valence-electron chi connectivity index (χ4n) is 2.57. The standard InChI is InChI=1S/C15H23N3O2/c1-2-7-15(8-9-20-11-15)18-14(19)17-13-5-3-12(10-16)4-6-13/h3-6H,2,7-11,16H2,1H3,(H2,17,18,19). The number of hydrogen-bond acceptors (Lipinski definition) is 3. The zero-order valence-electron chi connectivity index (χ0n) is 11.9. The van der Waals surface area contributed by atoms with Crippen molar-refractivity contribution in [1.29, 1.82) is 0 Å². The van der Waals surface area contributed by atoms with Crippen LogP contribution in [0.3, 0.4) is 0 Å². The molecule has 0 bridgehead atoms. The van der Waals surface area contributed by atoms with Crippen LogP contribution in [0.1, 0.15) is 31.7 Å². The highest BCUT2D eigenvalue weighted by Gasteiger charge is 2.35. The van der Waals surface area contributed by atoms with Crippen LogP contribution in [-0.2, 0) is 11.3 Å². The molecular formula is C15H23N3O2. The number of hydrogen-bond donors (Lipinski definition) is 3. The summed E-state index contributed by atoms with van der Waals surface area (Å²) in [7, 11) is 0. The number of anilines is 1. The van der Waals surface area contributed by atoms with Crippen molar-refractivity contribution in [2.45, 2.75) is 38.3 Å². The van der Waals surface area contributed by atoms with Gasteiger partial charge in [0.25, 0.3) is 0 Å². The summed E-state index contributed by atoms with van der Waals surface area (Å²) in [5, 5.41) is 5.93. The molecule has 20 heavy (non-hydrogen) atoms. The van der Waals surface area contributed by atoms with Gasteiger partial charge in [0.1, 0.15) is 0 Å².